The molecule has 3 aromatic rings. The highest BCUT2D eigenvalue weighted by Crippen LogP contribution is 2.44. The average molecular weight is 460 g/mol. The Bertz CT molecular complexity index is 1210. The van der Waals surface area contributed by atoms with Crippen LogP contribution in [0.2, 0.25) is 0 Å². The van der Waals surface area contributed by atoms with Crippen molar-refractivity contribution in [1.82, 2.24) is 4.98 Å². The number of rotatable bonds is 6. The zero-order valence-electron chi connectivity index (χ0n) is 16.6. The highest BCUT2D eigenvalue weighted by molar-refractivity contribution is 7.99. The molecular weight excluding hydrogens is 444 g/mol. The lowest BCUT2D eigenvalue weighted by Gasteiger charge is -2.22. The van der Waals surface area contributed by atoms with Crippen molar-refractivity contribution in [2.75, 3.05) is 5.75 Å². The van der Waals surface area contributed by atoms with Gasteiger partial charge in [-0.2, -0.15) is 18.4 Å². The first-order valence-corrected chi connectivity index (χ1v) is 10.8. The summed E-state index contributed by atoms with van der Waals surface area (Å²) in [6.07, 6.45) is -2.38. The molecule has 0 saturated carbocycles. The van der Waals surface area contributed by atoms with Crippen molar-refractivity contribution in [3.63, 3.8) is 0 Å². The Kier molecular flexibility index (Phi) is 6.07. The van der Waals surface area contributed by atoms with Gasteiger partial charge < -0.3 is 4.42 Å². The number of aryl methyl sites for hydroxylation is 1. The van der Waals surface area contributed by atoms with Gasteiger partial charge in [0.2, 0.25) is 0 Å². The second kappa shape index (κ2) is 8.79. The van der Waals surface area contributed by atoms with Crippen LogP contribution in [0.3, 0.4) is 0 Å². The monoisotopic (exact) mass is 460 g/mol. The Hall–Kier alpha value is -3.12. The summed E-state index contributed by atoms with van der Waals surface area (Å²) in [5.41, 5.74) is -0.350. The van der Waals surface area contributed by atoms with Gasteiger partial charge in [-0.15, -0.1) is 11.8 Å². The normalized spacial score (nSPS) is 12.7. The molecular formula is C23H16F4N2O2S. The number of benzene rings is 1. The number of ketones is 1. The molecule has 0 saturated heterocycles. The quantitative estimate of drug-likeness (QED) is 0.189. The topological polar surface area (TPSA) is 66.9 Å². The number of nitriles is 1. The predicted molar refractivity (Wildman–Crippen MR) is 110 cm³/mol. The molecule has 0 N–H and O–H groups in total. The van der Waals surface area contributed by atoms with E-state index in [-0.39, 0.29) is 34.9 Å². The number of pyridine rings is 1. The average Bonchev–Trinajstić information content (AvgIpc) is 3.24. The summed E-state index contributed by atoms with van der Waals surface area (Å²) in [4.78, 5) is 16.6. The van der Waals surface area contributed by atoms with Gasteiger partial charge in [-0.1, -0.05) is 0 Å². The number of carbonyl (C=O) groups is 1. The second-order valence-electron chi connectivity index (χ2n) is 7.24. The fourth-order valence-electron chi connectivity index (χ4n) is 3.75. The molecule has 1 aromatic carbocycles. The molecule has 9 heteroatoms. The molecule has 0 bridgehead atoms. The number of alkyl halides is 3. The summed E-state index contributed by atoms with van der Waals surface area (Å²) >= 11 is 1.02. The van der Waals surface area contributed by atoms with Crippen molar-refractivity contribution >= 4 is 17.5 Å². The van der Waals surface area contributed by atoms with Gasteiger partial charge in [0.05, 0.1) is 23.1 Å². The Labute approximate surface area is 185 Å². The molecule has 1 aliphatic rings. The second-order valence-corrected chi connectivity index (χ2v) is 8.33. The SMILES string of the molecule is N#Cc1c(SCCCC(=O)c2ccc(F)cc2)nc2c(c1C(F)(F)F)CCc1occc1-2. The largest absolute Gasteiger partial charge is 0.469 e. The number of halogens is 4. The Morgan fingerprint density at radius 3 is 2.62 bits per heavy atom. The van der Waals surface area contributed by atoms with Gasteiger partial charge in [0.1, 0.15) is 22.7 Å². The van der Waals surface area contributed by atoms with Gasteiger partial charge in [-0.25, -0.2) is 9.37 Å². The summed E-state index contributed by atoms with van der Waals surface area (Å²) in [7, 11) is 0. The lowest BCUT2D eigenvalue weighted by Crippen LogP contribution is -2.18. The molecule has 4 rings (SSSR count). The van der Waals surface area contributed by atoms with Crippen molar-refractivity contribution in [1.29, 1.82) is 5.26 Å². The van der Waals surface area contributed by atoms with Crippen LogP contribution in [0, 0.1) is 17.1 Å². The first-order valence-electron chi connectivity index (χ1n) is 9.82. The molecule has 0 fully saturated rings. The predicted octanol–water partition coefficient (Wildman–Crippen LogP) is 6.22. The lowest BCUT2D eigenvalue weighted by atomic mass is 9.89. The summed E-state index contributed by atoms with van der Waals surface area (Å²) < 4.78 is 60.1. The van der Waals surface area contributed by atoms with E-state index in [9.17, 15) is 27.6 Å². The fraction of sp³-hybridized carbons (Fsp3) is 0.261. The fourth-order valence-corrected chi connectivity index (χ4v) is 4.68. The third kappa shape index (κ3) is 4.28. The Balaban J connectivity index is 1.57. The summed E-state index contributed by atoms with van der Waals surface area (Å²) in [6.45, 7) is 0. The van der Waals surface area contributed by atoms with Gasteiger partial charge in [-0.3, -0.25) is 4.79 Å². The molecule has 0 spiro atoms. The first kappa shape index (κ1) is 22.1. The highest BCUT2D eigenvalue weighted by Gasteiger charge is 2.41. The molecule has 164 valence electrons. The molecule has 4 nitrogen and oxygen atoms in total. The van der Waals surface area contributed by atoms with E-state index in [0.29, 0.717) is 35.5 Å². The molecule has 0 radical (unpaired) electrons. The first-order chi connectivity index (χ1) is 15.3. The van der Waals surface area contributed by atoms with Crippen molar-refractivity contribution in [2.24, 2.45) is 0 Å². The summed E-state index contributed by atoms with van der Waals surface area (Å²) in [5, 5.41) is 9.52. The number of furan rings is 1. The van der Waals surface area contributed by atoms with Crippen molar-refractivity contribution in [3.05, 3.63) is 70.4 Å². The Morgan fingerprint density at radius 2 is 1.94 bits per heavy atom. The maximum atomic E-state index is 13.9. The summed E-state index contributed by atoms with van der Waals surface area (Å²) in [5.74, 6) is 0.233. The number of hydrogen-bond donors (Lipinski definition) is 0. The van der Waals surface area contributed by atoms with E-state index in [0.717, 1.165) is 11.8 Å². The van der Waals surface area contributed by atoms with Crippen LogP contribution in [0.4, 0.5) is 17.6 Å². The van der Waals surface area contributed by atoms with Crippen LogP contribution in [0.15, 0.2) is 46.0 Å². The van der Waals surface area contributed by atoms with Crippen LogP contribution >= 0.6 is 11.8 Å². The maximum absolute atomic E-state index is 13.9. The van der Waals surface area contributed by atoms with Gasteiger partial charge in [-0.05, 0) is 54.5 Å². The number of hydrogen-bond acceptors (Lipinski definition) is 5. The standard InChI is InChI=1S/C23H16F4N2O2S/c24-14-5-3-13(4-6-14)18(30)2-1-11-32-22-17(12-28)20(23(25,26)27)16-7-8-19-15(9-10-31-19)21(16)29-22/h3-6,9-10H,1-2,7-8,11H2. The third-order valence-corrected chi connectivity index (χ3v) is 6.28. The summed E-state index contributed by atoms with van der Waals surface area (Å²) in [6, 6.07) is 8.45. The van der Waals surface area contributed by atoms with E-state index in [2.05, 4.69) is 4.98 Å². The van der Waals surface area contributed by atoms with Crippen molar-refractivity contribution < 1.29 is 26.8 Å². The van der Waals surface area contributed by atoms with Crippen LogP contribution in [-0.2, 0) is 19.0 Å². The number of fused-ring (bicyclic) bond motifs is 3. The maximum Gasteiger partial charge on any atom is 0.418 e. The smallest absolute Gasteiger partial charge is 0.418 e. The van der Waals surface area contributed by atoms with Gasteiger partial charge >= 0.3 is 6.18 Å². The zero-order chi connectivity index (χ0) is 22.9. The molecule has 1 aliphatic carbocycles. The van der Waals surface area contributed by atoms with E-state index in [1.807, 2.05) is 0 Å². The molecule has 2 aromatic heterocycles. The van der Waals surface area contributed by atoms with Crippen LogP contribution < -0.4 is 0 Å². The van der Waals surface area contributed by atoms with Gasteiger partial charge in [0.25, 0.3) is 0 Å². The van der Waals surface area contributed by atoms with Crippen LogP contribution in [0.5, 0.6) is 0 Å². The molecule has 0 unspecified atom stereocenters. The van der Waals surface area contributed by atoms with E-state index < -0.39 is 23.1 Å². The number of aromatic nitrogens is 1. The van der Waals surface area contributed by atoms with Crippen LogP contribution in [0.1, 0.15) is 45.7 Å². The Morgan fingerprint density at radius 1 is 1.19 bits per heavy atom. The number of nitrogens with zero attached hydrogens (tertiary/aromatic N) is 2. The minimum atomic E-state index is -4.70. The molecule has 0 amide bonds. The number of Topliss-reactive ketones (excluding diaryl/α,β-unsaturated/α-hetero) is 1. The van der Waals surface area contributed by atoms with Crippen LogP contribution in [-0.4, -0.2) is 16.5 Å². The van der Waals surface area contributed by atoms with Crippen LogP contribution in [0.25, 0.3) is 11.3 Å². The van der Waals surface area contributed by atoms with E-state index in [4.69, 9.17) is 4.42 Å². The minimum Gasteiger partial charge on any atom is -0.469 e. The number of carbonyl (C=O) groups excluding carboxylic acids is 1. The molecule has 0 aliphatic heterocycles. The van der Waals surface area contributed by atoms with Crippen molar-refractivity contribution in [2.45, 2.75) is 36.9 Å². The number of thioether (sulfide) groups is 1. The van der Waals surface area contributed by atoms with E-state index in [1.165, 1.54) is 30.5 Å². The van der Waals surface area contributed by atoms with Gasteiger partial charge in [0.15, 0.2) is 5.78 Å². The van der Waals surface area contributed by atoms with Gasteiger partial charge in [0, 0.05) is 24.0 Å². The third-order valence-electron chi connectivity index (χ3n) is 5.22. The van der Waals surface area contributed by atoms with Crippen molar-refractivity contribution in [3.8, 4) is 17.3 Å². The molecule has 32 heavy (non-hydrogen) atoms. The lowest BCUT2D eigenvalue weighted by molar-refractivity contribution is -0.138. The van der Waals surface area contributed by atoms with E-state index >= 15 is 0 Å². The molecule has 0 atom stereocenters. The molecule has 2 heterocycles. The highest BCUT2D eigenvalue weighted by atomic mass is 32.2. The minimum absolute atomic E-state index is 0.0122. The van der Waals surface area contributed by atoms with E-state index in [1.54, 1.807) is 12.1 Å². The zero-order valence-corrected chi connectivity index (χ0v) is 17.4.